The Hall–Kier alpha value is -2.92. The molecule has 1 spiro atoms. The minimum atomic E-state index is -0.689. The van der Waals surface area contributed by atoms with Gasteiger partial charge < -0.3 is 14.5 Å². The van der Waals surface area contributed by atoms with Crippen molar-refractivity contribution in [3.05, 3.63) is 77.4 Å². The van der Waals surface area contributed by atoms with Crippen LogP contribution in [0.25, 0.3) is 0 Å². The van der Waals surface area contributed by atoms with E-state index in [9.17, 15) is 9.59 Å². The van der Waals surface area contributed by atoms with Crippen LogP contribution in [0.15, 0.2) is 60.7 Å². The number of carbonyl (C=O) groups excluding carboxylic acids is 2. The van der Waals surface area contributed by atoms with Crippen LogP contribution in [0.3, 0.4) is 0 Å². The van der Waals surface area contributed by atoms with Crippen LogP contribution in [-0.2, 0) is 27.4 Å². The van der Waals surface area contributed by atoms with Gasteiger partial charge in [-0.3, -0.25) is 9.59 Å². The van der Waals surface area contributed by atoms with Crippen molar-refractivity contribution in [2.45, 2.75) is 44.6 Å². The molecule has 0 radical (unpaired) electrons. The van der Waals surface area contributed by atoms with Crippen LogP contribution in [0.2, 0.25) is 0 Å². The van der Waals surface area contributed by atoms with Crippen LogP contribution in [-0.4, -0.2) is 35.0 Å². The predicted octanol–water partition coefficient (Wildman–Crippen LogP) is 3.64. The van der Waals surface area contributed by atoms with E-state index in [4.69, 9.17) is 4.74 Å². The fourth-order valence-corrected chi connectivity index (χ4v) is 5.74. The van der Waals surface area contributed by atoms with Gasteiger partial charge in [0.15, 0.2) is 0 Å². The van der Waals surface area contributed by atoms with E-state index < -0.39 is 17.4 Å². The lowest BCUT2D eigenvalue weighted by atomic mass is 9.76. The summed E-state index contributed by atoms with van der Waals surface area (Å²) in [7, 11) is 0. The lowest BCUT2D eigenvalue weighted by molar-refractivity contribution is -0.140. The van der Waals surface area contributed by atoms with Crippen molar-refractivity contribution in [3.8, 4) is 0 Å². The minimum Gasteiger partial charge on any atom is -0.360 e. The average Bonchev–Trinajstić information content (AvgIpc) is 3.52. The first kappa shape index (κ1) is 18.8. The van der Waals surface area contributed by atoms with E-state index in [1.165, 1.54) is 16.7 Å². The van der Waals surface area contributed by atoms with Crippen molar-refractivity contribution in [2.75, 3.05) is 11.4 Å². The largest absolute Gasteiger partial charge is 0.360 e. The van der Waals surface area contributed by atoms with E-state index in [-0.39, 0.29) is 17.9 Å². The molecule has 0 N–H and O–H groups in total. The zero-order valence-corrected chi connectivity index (χ0v) is 17.8. The van der Waals surface area contributed by atoms with Crippen molar-refractivity contribution < 1.29 is 14.3 Å². The van der Waals surface area contributed by atoms with Crippen LogP contribution < -0.4 is 4.90 Å². The normalized spacial score (nSPS) is 30.4. The lowest BCUT2D eigenvalue weighted by Crippen LogP contribution is -2.44. The number of hydrogen-bond acceptors (Lipinski definition) is 3. The highest BCUT2D eigenvalue weighted by atomic mass is 16.5. The summed E-state index contributed by atoms with van der Waals surface area (Å²) >= 11 is 0. The molecule has 2 aromatic carbocycles. The van der Waals surface area contributed by atoms with E-state index in [2.05, 4.69) is 38.1 Å². The number of hydrogen-bond donors (Lipinski definition) is 0. The smallest absolute Gasteiger partial charge is 0.234 e. The summed E-state index contributed by atoms with van der Waals surface area (Å²) in [6.45, 7) is 5.99. The first-order valence-electron chi connectivity index (χ1n) is 11.1. The standard InChI is InChI=1S/C26H26N2O3/c1-16(2)17-7-9-20(10-8-17)28-15-26-12-11-21(31-26)22(23(26)25(28)30)24(29)27-13-18-5-3-4-6-19(18)14-27/h3-12,16,21-23H,13-15H2,1-2H3/t21-,22-,23-,26-/m0/s1. The van der Waals surface area contributed by atoms with Gasteiger partial charge in [-0.25, -0.2) is 0 Å². The second-order valence-corrected chi connectivity index (χ2v) is 9.53. The third-order valence-corrected chi connectivity index (χ3v) is 7.41. The molecule has 4 aliphatic heterocycles. The molecule has 5 heteroatoms. The number of nitrogens with zero attached hydrogens (tertiary/aromatic N) is 2. The number of rotatable bonds is 3. The topological polar surface area (TPSA) is 49.9 Å². The molecule has 6 rings (SSSR count). The number of amides is 2. The van der Waals surface area contributed by atoms with E-state index in [0.29, 0.717) is 25.6 Å². The zero-order chi connectivity index (χ0) is 21.3. The molecular weight excluding hydrogens is 388 g/mol. The highest BCUT2D eigenvalue weighted by Gasteiger charge is 2.67. The van der Waals surface area contributed by atoms with E-state index >= 15 is 0 Å². The Kier molecular flexibility index (Phi) is 3.97. The molecule has 2 bridgehead atoms. The number of anilines is 1. The Morgan fingerprint density at radius 1 is 1.06 bits per heavy atom. The third kappa shape index (κ3) is 2.66. The van der Waals surface area contributed by atoms with Gasteiger partial charge in [0.1, 0.15) is 5.60 Å². The fraction of sp³-hybridized carbons (Fsp3) is 0.385. The second-order valence-electron chi connectivity index (χ2n) is 9.53. The third-order valence-electron chi connectivity index (χ3n) is 7.41. The summed E-state index contributed by atoms with van der Waals surface area (Å²) in [5.41, 5.74) is 3.81. The molecule has 2 amide bonds. The Morgan fingerprint density at radius 2 is 1.74 bits per heavy atom. The van der Waals surface area contributed by atoms with Crippen LogP contribution >= 0.6 is 0 Å². The highest BCUT2D eigenvalue weighted by molar-refractivity contribution is 6.03. The van der Waals surface area contributed by atoms with Gasteiger partial charge in [-0.1, -0.05) is 62.4 Å². The lowest BCUT2D eigenvalue weighted by Gasteiger charge is -2.27. The Morgan fingerprint density at radius 3 is 2.39 bits per heavy atom. The molecule has 0 saturated carbocycles. The zero-order valence-electron chi connectivity index (χ0n) is 17.8. The molecule has 2 aromatic rings. The SMILES string of the molecule is CC(C)c1ccc(N2C[C@]34C=C[C@H](O3)[C@H](C(=O)N3Cc5ccccc5C3)[C@H]4C2=O)cc1. The summed E-state index contributed by atoms with van der Waals surface area (Å²) in [6, 6.07) is 16.3. The van der Waals surface area contributed by atoms with Crippen LogP contribution in [0.4, 0.5) is 5.69 Å². The monoisotopic (exact) mass is 414 g/mol. The molecule has 4 aliphatic rings. The highest BCUT2D eigenvalue weighted by Crippen LogP contribution is 2.53. The van der Waals surface area contributed by atoms with Crippen molar-refractivity contribution >= 4 is 17.5 Å². The van der Waals surface area contributed by atoms with Crippen molar-refractivity contribution in [2.24, 2.45) is 11.8 Å². The van der Waals surface area contributed by atoms with Gasteiger partial charge in [0, 0.05) is 18.8 Å². The molecule has 0 aliphatic carbocycles. The van der Waals surface area contributed by atoms with Gasteiger partial charge in [-0.15, -0.1) is 0 Å². The molecule has 158 valence electrons. The van der Waals surface area contributed by atoms with Gasteiger partial charge >= 0.3 is 0 Å². The predicted molar refractivity (Wildman–Crippen MR) is 117 cm³/mol. The maximum Gasteiger partial charge on any atom is 0.234 e. The summed E-state index contributed by atoms with van der Waals surface area (Å²) in [4.78, 5) is 30.9. The van der Waals surface area contributed by atoms with E-state index in [0.717, 1.165) is 5.69 Å². The van der Waals surface area contributed by atoms with Crippen LogP contribution in [0, 0.1) is 11.8 Å². The molecule has 2 fully saturated rings. The Bertz CT molecular complexity index is 1080. The number of carbonyl (C=O) groups is 2. The minimum absolute atomic E-state index is 0.000733. The molecule has 4 atom stereocenters. The van der Waals surface area contributed by atoms with Gasteiger partial charge in [-0.05, 0) is 34.7 Å². The van der Waals surface area contributed by atoms with Gasteiger partial charge in [0.05, 0.1) is 24.5 Å². The first-order valence-corrected chi connectivity index (χ1v) is 11.1. The van der Waals surface area contributed by atoms with E-state index in [1.807, 2.05) is 41.3 Å². The fourth-order valence-electron chi connectivity index (χ4n) is 5.74. The molecule has 0 unspecified atom stereocenters. The molecular formula is C26H26N2O3. The van der Waals surface area contributed by atoms with Gasteiger partial charge in [-0.2, -0.15) is 0 Å². The van der Waals surface area contributed by atoms with Crippen molar-refractivity contribution in [1.82, 2.24) is 4.90 Å². The quantitative estimate of drug-likeness (QED) is 0.721. The maximum absolute atomic E-state index is 13.6. The van der Waals surface area contributed by atoms with Crippen molar-refractivity contribution in [1.29, 1.82) is 0 Å². The maximum atomic E-state index is 13.6. The van der Waals surface area contributed by atoms with Crippen molar-refractivity contribution in [3.63, 3.8) is 0 Å². The molecule has 31 heavy (non-hydrogen) atoms. The van der Waals surface area contributed by atoms with Gasteiger partial charge in [0.2, 0.25) is 11.8 Å². The van der Waals surface area contributed by atoms with Gasteiger partial charge in [0.25, 0.3) is 0 Å². The molecule has 0 aromatic heterocycles. The average molecular weight is 415 g/mol. The molecule has 2 saturated heterocycles. The van der Waals surface area contributed by atoms with Crippen LogP contribution in [0.5, 0.6) is 0 Å². The number of fused-ring (bicyclic) bond motifs is 2. The number of benzene rings is 2. The Labute approximate surface area is 182 Å². The Balaban J connectivity index is 1.28. The summed E-state index contributed by atoms with van der Waals surface area (Å²) in [5, 5.41) is 0. The molecule has 5 nitrogen and oxygen atoms in total. The summed E-state index contributed by atoms with van der Waals surface area (Å²) < 4.78 is 6.32. The summed E-state index contributed by atoms with van der Waals surface area (Å²) in [6.07, 6.45) is 3.70. The summed E-state index contributed by atoms with van der Waals surface area (Å²) in [5.74, 6) is -0.438. The number of ether oxygens (including phenoxy) is 1. The second kappa shape index (κ2) is 6.54. The van der Waals surface area contributed by atoms with Crippen LogP contribution in [0.1, 0.15) is 36.5 Å². The first-order chi connectivity index (χ1) is 15.0. The molecule has 4 heterocycles. The van der Waals surface area contributed by atoms with E-state index in [1.54, 1.807) is 4.90 Å².